The third kappa shape index (κ3) is 4.03. The second-order valence-corrected chi connectivity index (χ2v) is 9.94. The first kappa shape index (κ1) is 17.3. The minimum absolute atomic E-state index is 0.158. The number of para-hydroxylation sites is 1. The summed E-state index contributed by atoms with van der Waals surface area (Å²) in [6.45, 7) is 0. The van der Waals surface area contributed by atoms with Crippen molar-refractivity contribution < 1.29 is 4.79 Å². The Kier molecular flexibility index (Phi) is 5.61. The minimum Gasteiger partial charge on any atom is -0.356 e. The zero-order chi connectivity index (χ0) is 17.1. The Morgan fingerprint density at radius 2 is 2.16 bits per heavy atom. The van der Waals surface area contributed by atoms with Crippen molar-refractivity contribution in [3.8, 4) is 0 Å². The lowest BCUT2D eigenvalue weighted by atomic mass is 9.91. The van der Waals surface area contributed by atoms with Gasteiger partial charge < -0.3 is 10.3 Å². The maximum atomic E-state index is 12.4. The highest BCUT2D eigenvalue weighted by atomic mass is 33.1. The fraction of sp³-hybridized carbons (Fsp3) is 0.550. The number of hydrogen-bond donors (Lipinski definition) is 2. The molecule has 1 amide bonds. The molecule has 0 radical (unpaired) electrons. The van der Waals surface area contributed by atoms with E-state index in [0.717, 1.165) is 30.9 Å². The Bertz CT molecular complexity index is 736. The number of aryl methyl sites for hydroxylation is 1. The molecular weight excluding hydrogens is 348 g/mol. The summed E-state index contributed by atoms with van der Waals surface area (Å²) >= 11 is 0. The van der Waals surface area contributed by atoms with Crippen LogP contribution >= 0.6 is 21.6 Å². The zero-order valence-electron chi connectivity index (χ0n) is 14.6. The Hall–Kier alpha value is -1.07. The van der Waals surface area contributed by atoms with E-state index in [0.29, 0.717) is 6.42 Å². The van der Waals surface area contributed by atoms with Gasteiger partial charge in [0.2, 0.25) is 5.91 Å². The van der Waals surface area contributed by atoms with Crippen LogP contribution in [0.1, 0.15) is 62.2 Å². The highest BCUT2D eigenvalue weighted by molar-refractivity contribution is 8.77. The minimum atomic E-state index is 0.158. The number of benzene rings is 1. The first-order chi connectivity index (χ1) is 12.3. The zero-order valence-corrected chi connectivity index (χ0v) is 16.2. The molecule has 2 aromatic rings. The van der Waals surface area contributed by atoms with Gasteiger partial charge in [0.05, 0.1) is 6.04 Å². The second kappa shape index (κ2) is 8.09. The third-order valence-electron chi connectivity index (χ3n) is 5.36. The topological polar surface area (TPSA) is 44.9 Å². The summed E-state index contributed by atoms with van der Waals surface area (Å²) in [5.74, 6) is 1.51. The first-order valence-corrected chi connectivity index (χ1v) is 11.9. The van der Waals surface area contributed by atoms with Gasteiger partial charge in [0.1, 0.15) is 0 Å². The molecule has 2 heterocycles. The molecule has 0 bridgehead atoms. The lowest BCUT2D eigenvalue weighted by Crippen LogP contribution is -2.30. The van der Waals surface area contributed by atoms with E-state index in [2.05, 4.69) is 34.6 Å². The number of hydrogen-bond acceptors (Lipinski definition) is 3. The van der Waals surface area contributed by atoms with E-state index in [1.807, 2.05) is 21.6 Å². The molecule has 0 unspecified atom stereocenters. The molecule has 2 aliphatic rings. The molecule has 1 fully saturated rings. The van der Waals surface area contributed by atoms with Gasteiger partial charge in [-0.25, -0.2) is 0 Å². The van der Waals surface area contributed by atoms with Crippen LogP contribution < -0.4 is 5.32 Å². The lowest BCUT2D eigenvalue weighted by Gasteiger charge is -2.24. The molecule has 2 atom stereocenters. The Morgan fingerprint density at radius 1 is 1.24 bits per heavy atom. The number of aromatic amines is 1. The average molecular weight is 375 g/mol. The molecule has 4 rings (SSSR count). The lowest BCUT2D eigenvalue weighted by molar-refractivity contribution is -0.122. The number of unbranched alkanes of at least 4 members (excludes halogenated alkanes) is 1. The molecule has 1 aliphatic carbocycles. The molecule has 1 aromatic carbocycles. The number of carbonyl (C=O) groups is 1. The van der Waals surface area contributed by atoms with E-state index in [1.165, 1.54) is 47.2 Å². The van der Waals surface area contributed by atoms with Crippen molar-refractivity contribution in [1.29, 1.82) is 0 Å². The third-order valence-corrected chi connectivity index (χ3v) is 8.36. The van der Waals surface area contributed by atoms with Crippen LogP contribution in [0.5, 0.6) is 0 Å². The van der Waals surface area contributed by atoms with Crippen LogP contribution in [0, 0.1) is 0 Å². The predicted molar refractivity (Wildman–Crippen MR) is 109 cm³/mol. The van der Waals surface area contributed by atoms with Crippen molar-refractivity contribution in [3.05, 3.63) is 35.5 Å². The van der Waals surface area contributed by atoms with Crippen LogP contribution in [0.2, 0.25) is 0 Å². The molecule has 25 heavy (non-hydrogen) atoms. The maximum Gasteiger partial charge on any atom is 0.220 e. The van der Waals surface area contributed by atoms with E-state index >= 15 is 0 Å². The van der Waals surface area contributed by atoms with Crippen molar-refractivity contribution in [2.75, 3.05) is 5.75 Å². The molecule has 0 saturated carbocycles. The Balaban J connectivity index is 1.31. The number of rotatable bonds is 6. The predicted octanol–water partition coefficient (Wildman–Crippen LogP) is 5.38. The number of carbonyl (C=O) groups excluding carboxylic acids is 1. The number of H-pyrrole nitrogens is 1. The first-order valence-electron chi connectivity index (χ1n) is 9.48. The summed E-state index contributed by atoms with van der Waals surface area (Å²) in [6, 6.07) is 8.64. The molecule has 3 nitrogen and oxygen atoms in total. The molecular formula is C20H26N2OS2. The molecule has 1 aromatic heterocycles. The van der Waals surface area contributed by atoms with Gasteiger partial charge in [-0.3, -0.25) is 4.79 Å². The summed E-state index contributed by atoms with van der Waals surface area (Å²) in [7, 11) is 4.03. The van der Waals surface area contributed by atoms with E-state index in [4.69, 9.17) is 0 Å². The summed E-state index contributed by atoms with van der Waals surface area (Å²) in [4.78, 5) is 16.0. The largest absolute Gasteiger partial charge is 0.356 e. The smallest absolute Gasteiger partial charge is 0.220 e. The second-order valence-electron chi connectivity index (χ2n) is 7.15. The maximum absolute atomic E-state index is 12.4. The number of nitrogens with one attached hydrogen (secondary N) is 2. The van der Waals surface area contributed by atoms with E-state index in [1.54, 1.807) is 0 Å². The van der Waals surface area contributed by atoms with Gasteiger partial charge in [0.15, 0.2) is 0 Å². The number of aromatic nitrogens is 1. The normalized spacial score (nSPS) is 22.9. The standard InChI is InChI=1S/C20H26N2OS2/c23-19(11-4-1-6-14-12-13-24-25-14)21-18-10-5-8-16-15-7-2-3-9-17(15)22-20(16)18/h2-3,7,9,14,18,22H,1,4-6,8,10-13H2,(H,21,23)/t14-,18+/m1/s1. The Labute approximate surface area is 157 Å². The van der Waals surface area contributed by atoms with Crippen LogP contribution in [0.3, 0.4) is 0 Å². The average Bonchev–Trinajstić information content (AvgIpc) is 3.27. The monoisotopic (exact) mass is 374 g/mol. The van der Waals surface area contributed by atoms with Gasteiger partial charge in [0.25, 0.3) is 0 Å². The van der Waals surface area contributed by atoms with Crippen molar-refractivity contribution in [2.24, 2.45) is 0 Å². The summed E-state index contributed by atoms with van der Waals surface area (Å²) in [6.07, 6.45) is 8.76. The van der Waals surface area contributed by atoms with Crippen molar-refractivity contribution in [2.45, 2.75) is 62.7 Å². The van der Waals surface area contributed by atoms with Gasteiger partial charge in [-0.05, 0) is 50.2 Å². The molecule has 5 heteroatoms. The van der Waals surface area contributed by atoms with Crippen molar-refractivity contribution >= 4 is 38.4 Å². The highest BCUT2D eigenvalue weighted by Gasteiger charge is 2.25. The fourth-order valence-electron chi connectivity index (χ4n) is 4.05. The molecule has 0 spiro atoms. The SMILES string of the molecule is O=C(CCCC[C@@H]1CCSS1)N[C@H]1CCCc2c1[nH]c1ccccc21. The Morgan fingerprint density at radius 3 is 3.04 bits per heavy atom. The van der Waals surface area contributed by atoms with Crippen LogP contribution in [0.4, 0.5) is 0 Å². The van der Waals surface area contributed by atoms with Gasteiger partial charge in [-0.1, -0.05) is 46.2 Å². The van der Waals surface area contributed by atoms with E-state index < -0.39 is 0 Å². The summed E-state index contributed by atoms with van der Waals surface area (Å²) in [5, 5.41) is 5.43. The van der Waals surface area contributed by atoms with E-state index in [-0.39, 0.29) is 11.9 Å². The number of fused-ring (bicyclic) bond motifs is 3. The van der Waals surface area contributed by atoms with Crippen molar-refractivity contribution in [3.63, 3.8) is 0 Å². The quantitative estimate of drug-likeness (QED) is 0.527. The van der Waals surface area contributed by atoms with Crippen LogP contribution in [0.15, 0.2) is 24.3 Å². The van der Waals surface area contributed by atoms with E-state index in [9.17, 15) is 4.79 Å². The van der Waals surface area contributed by atoms with Gasteiger partial charge >= 0.3 is 0 Å². The molecule has 134 valence electrons. The summed E-state index contributed by atoms with van der Waals surface area (Å²) in [5.41, 5.74) is 3.84. The van der Waals surface area contributed by atoms with Gasteiger partial charge in [-0.15, -0.1) is 0 Å². The molecule has 1 aliphatic heterocycles. The van der Waals surface area contributed by atoms with Gasteiger partial charge in [-0.2, -0.15) is 0 Å². The van der Waals surface area contributed by atoms with Crippen LogP contribution in [0.25, 0.3) is 10.9 Å². The van der Waals surface area contributed by atoms with Crippen molar-refractivity contribution in [1.82, 2.24) is 10.3 Å². The highest BCUT2D eigenvalue weighted by Crippen LogP contribution is 2.40. The van der Waals surface area contributed by atoms with Crippen LogP contribution in [-0.4, -0.2) is 21.9 Å². The molecule has 2 N–H and O–H groups in total. The fourth-order valence-corrected chi connectivity index (χ4v) is 7.08. The molecule has 1 saturated heterocycles. The van der Waals surface area contributed by atoms with Gasteiger partial charge in [0, 0.05) is 34.0 Å². The van der Waals surface area contributed by atoms with Crippen LogP contribution in [-0.2, 0) is 11.2 Å². The summed E-state index contributed by atoms with van der Waals surface area (Å²) < 4.78 is 0. The number of amides is 1.